The highest BCUT2D eigenvalue weighted by atomic mass is 16.3. The van der Waals surface area contributed by atoms with Crippen molar-refractivity contribution in [2.75, 3.05) is 6.61 Å². The molecule has 0 aromatic heterocycles. The fourth-order valence-electron chi connectivity index (χ4n) is 2.14. The topological polar surface area (TPSA) is 66.4 Å². The zero-order valence-electron chi connectivity index (χ0n) is 8.54. The van der Waals surface area contributed by atoms with Gasteiger partial charge in [0.25, 0.3) is 5.91 Å². The van der Waals surface area contributed by atoms with E-state index in [0.717, 1.165) is 12.8 Å². The van der Waals surface area contributed by atoms with E-state index >= 15 is 0 Å². The van der Waals surface area contributed by atoms with Crippen molar-refractivity contribution in [2.24, 2.45) is 0 Å². The highest BCUT2D eigenvalue weighted by Crippen LogP contribution is 2.35. The summed E-state index contributed by atoms with van der Waals surface area (Å²) in [7, 11) is 0. The molecule has 2 aliphatic rings. The van der Waals surface area contributed by atoms with Crippen LogP contribution < -0.4 is 5.32 Å². The van der Waals surface area contributed by atoms with Gasteiger partial charge in [0.2, 0.25) is 0 Å². The Hall–Kier alpha value is -1.42. The third-order valence-electron chi connectivity index (χ3n) is 3.02. The molecule has 1 atom stereocenters. The van der Waals surface area contributed by atoms with E-state index in [0.29, 0.717) is 11.1 Å². The van der Waals surface area contributed by atoms with Gasteiger partial charge in [0.15, 0.2) is 5.78 Å². The van der Waals surface area contributed by atoms with Gasteiger partial charge in [-0.15, -0.1) is 0 Å². The number of aliphatic hydroxyl groups is 1. The average Bonchev–Trinajstić information content (AvgIpc) is 2.54. The van der Waals surface area contributed by atoms with Gasteiger partial charge < -0.3 is 10.4 Å². The van der Waals surface area contributed by atoms with Gasteiger partial charge in [-0.25, -0.2) is 0 Å². The molecule has 15 heavy (non-hydrogen) atoms. The molecule has 2 rings (SSSR count). The van der Waals surface area contributed by atoms with E-state index in [1.54, 1.807) is 0 Å². The van der Waals surface area contributed by atoms with Gasteiger partial charge in [-0.3, -0.25) is 9.59 Å². The van der Waals surface area contributed by atoms with Gasteiger partial charge in [-0.2, -0.15) is 0 Å². The van der Waals surface area contributed by atoms with Crippen LogP contribution in [0.15, 0.2) is 23.3 Å². The van der Waals surface area contributed by atoms with Crippen molar-refractivity contribution in [1.29, 1.82) is 0 Å². The van der Waals surface area contributed by atoms with Crippen molar-refractivity contribution in [2.45, 2.75) is 25.3 Å². The first-order valence-corrected chi connectivity index (χ1v) is 4.97. The van der Waals surface area contributed by atoms with Crippen LogP contribution >= 0.6 is 0 Å². The number of hydrogen-bond acceptors (Lipinski definition) is 3. The quantitative estimate of drug-likeness (QED) is 0.674. The van der Waals surface area contributed by atoms with Gasteiger partial charge in [0.05, 0.1) is 6.61 Å². The first-order chi connectivity index (χ1) is 7.12. The molecule has 0 aromatic rings. The predicted molar refractivity (Wildman–Crippen MR) is 54.0 cm³/mol. The van der Waals surface area contributed by atoms with E-state index in [2.05, 4.69) is 5.32 Å². The number of rotatable bonds is 2. The van der Waals surface area contributed by atoms with Crippen LogP contribution in [0.25, 0.3) is 0 Å². The summed E-state index contributed by atoms with van der Waals surface area (Å²) in [4.78, 5) is 23.2. The molecule has 1 fully saturated rings. The van der Waals surface area contributed by atoms with Gasteiger partial charge in [-0.1, -0.05) is 12.2 Å². The van der Waals surface area contributed by atoms with Crippen molar-refractivity contribution in [3.63, 3.8) is 0 Å². The predicted octanol–water partition coefficient (Wildman–Crippen LogP) is 0.0829. The number of hydrogen-bond donors (Lipinski definition) is 2. The van der Waals surface area contributed by atoms with E-state index in [9.17, 15) is 14.7 Å². The maximum Gasteiger partial charge on any atom is 0.252 e. The smallest absolute Gasteiger partial charge is 0.252 e. The second-order valence-electron chi connectivity index (χ2n) is 3.89. The lowest BCUT2D eigenvalue weighted by molar-refractivity contribution is -0.126. The Labute approximate surface area is 87.7 Å². The lowest BCUT2D eigenvalue weighted by Crippen LogP contribution is -2.52. The van der Waals surface area contributed by atoms with Gasteiger partial charge in [0, 0.05) is 5.57 Å². The number of allylic oxidation sites excluding steroid dienone is 2. The average molecular weight is 207 g/mol. The van der Waals surface area contributed by atoms with E-state index in [1.165, 1.54) is 6.92 Å². The van der Waals surface area contributed by atoms with E-state index in [4.69, 9.17) is 0 Å². The molecule has 0 radical (unpaired) electrons. The molecule has 80 valence electrons. The Morgan fingerprint density at radius 1 is 1.53 bits per heavy atom. The van der Waals surface area contributed by atoms with Gasteiger partial charge in [-0.05, 0) is 25.3 Å². The maximum absolute atomic E-state index is 11.6. The zero-order chi connectivity index (χ0) is 11.1. The van der Waals surface area contributed by atoms with Crippen molar-refractivity contribution in [1.82, 2.24) is 5.32 Å². The number of Topliss-reactive ketones (excluding diaryl/α,β-unsaturated/α-hetero) is 1. The molecule has 1 saturated heterocycles. The van der Waals surface area contributed by atoms with Crippen LogP contribution in [0.1, 0.15) is 19.8 Å². The fourth-order valence-corrected chi connectivity index (χ4v) is 2.14. The number of carbonyl (C=O) groups excluding carboxylic acids is 2. The molecule has 1 amide bonds. The fraction of sp³-hybridized carbons (Fsp3) is 0.455. The standard InChI is InChI=1S/C11H13NO3/c1-7(14)11(6-13)9-5-3-2-4-8(9)10(15)12-11/h4-5,13H,2-3,6H2,1H3,(H,12,15). The molecule has 0 bridgehead atoms. The van der Waals surface area contributed by atoms with E-state index in [1.807, 2.05) is 12.2 Å². The third-order valence-corrected chi connectivity index (χ3v) is 3.02. The summed E-state index contributed by atoms with van der Waals surface area (Å²) >= 11 is 0. The summed E-state index contributed by atoms with van der Waals surface area (Å²) in [6, 6.07) is 0. The minimum Gasteiger partial charge on any atom is -0.393 e. The number of nitrogens with one attached hydrogen (secondary N) is 1. The minimum atomic E-state index is -1.19. The Balaban J connectivity index is 2.53. The molecule has 0 aromatic carbocycles. The molecule has 2 N–H and O–H groups in total. The zero-order valence-corrected chi connectivity index (χ0v) is 8.54. The molecule has 1 aliphatic carbocycles. The monoisotopic (exact) mass is 207 g/mol. The second-order valence-corrected chi connectivity index (χ2v) is 3.89. The Kier molecular flexibility index (Phi) is 2.23. The Morgan fingerprint density at radius 3 is 2.80 bits per heavy atom. The van der Waals surface area contributed by atoms with Crippen LogP contribution in [0.3, 0.4) is 0 Å². The number of carbonyl (C=O) groups is 2. The summed E-state index contributed by atoms with van der Waals surface area (Å²) in [5.74, 6) is -0.486. The van der Waals surface area contributed by atoms with Crippen LogP contribution in [-0.4, -0.2) is 28.9 Å². The van der Waals surface area contributed by atoms with Gasteiger partial charge >= 0.3 is 0 Å². The lowest BCUT2D eigenvalue weighted by Gasteiger charge is -2.25. The van der Waals surface area contributed by atoms with Crippen molar-refractivity contribution in [3.8, 4) is 0 Å². The number of fused-ring (bicyclic) bond motifs is 1. The minimum absolute atomic E-state index is 0.227. The maximum atomic E-state index is 11.6. The molecule has 4 heteroatoms. The lowest BCUT2D eigenvalue weighted by atomic mass is 9.83. The number of aliphatic hydroxyl groups excluding tert-OH is 1. The molecule has 0 spiro atoms. The van der Waals surface area contributed by atoms with Gasteiger partial charge in [0.1, 0.15) is 5.54 Å². The summed E-state index contributed by atoms with van der Waals surface area (Å²) in [5, 5.41) is 11.9. The summed E-state index contributed by atoms with van der Waals surface area (Å²) in [6.45, 7) is 1.01. The van der Waals surface area contributed by atoms with Crippen molar-refractivity contribution >= 4 is 11.7 Å². The van der Waals surface area contributed by atoms with Crippen LogP contribution in [0, 0.1) is 0 Å². The molecular formula is C11H13NO3. The van der Waals surface area contributed by atoms with Crippen LogP contribution in [0.5, 0.6) is 0 Å². The number of amides is 1. The van der Waals surface area contributed by atoms with Crippen molar-refractivity contribution < 1.29 is 14.7 Å². The normalized spacial score (nSPS) is 29.1. The summed E-state index contributed by atoms with van der Waals surface area (Å²) < 4.78 is 0. The first kappa shape index (κ1) is 10.1. The Morgan fingerprint density at radius 2 is 2.20 bits per heavy atom. The molecule has 4 nitrogen and oxygen atoms in total. The summed E-state index contributed by atoms with van der Waals surface area (Å²) in [5.41, 5.74) is 0.00262. The SMILES string of the molecule is CC(=O)C1(CO)NC(=O)C2=CCCC=C21. The highest BCUT2D eigenvalue weighted by molar-refractivity contribution is 6.11. The largest absolute Gasteiger partial charge is 0.393 e. The molecule has 1 unspecified atom stereocenters. The van der Waals surface area contributed by atoms with E-state index in [-0.39, 0.29) is 18.3 Å². The highest BCUT2D eigenvalue weighted by Gasteiger charge is 2.49. The van der Waals surface area contributed by atoms with Crippen LogP contribution in [-0.2, 0) is 9.59 Å². The first-order valence-electron chi connectivity index (χ1n) is 4.97. The molecule has 0 saturated carbocycles. The molecule has 1 aliphatic heterocycles. The molecule has 1 heterocycles. The van der Waals surface area contributed by atoms with Crippen LogP contribution in [0.4, 0.5) is 0 Å². The third kappa shape index (κ3) is 1.25. The Bertz CT molecular complexity index is 395. The second kappa shape index (κ2) is 3.31. The summed E-state index contributed by atoms with van der Waals surface area (Å²) in [6.07, 6.45) is 5.31. The van der Waals surface area contributed by atoms with Crippen molar-refractivity contribution in [3.05, 3.63) is 23.3 Å². The van der Waals surface area contributed by atoms with Crippen LogP contribution in [0.2, 0.25) is 0 Å². The van der Waals surface area contributed by atoms with E-state index < -0.39 is 5.54 Å². The molecular weight excluding hydrogens is 194 g/mol. The number of ketones is 1.